The van der Waals surface area contributed by atoms with Crippen molar-refractivity contribution in [1.82, 2.24) is 15.2 Å². The van der Waals surface area contributed by atoms with Gasteiger partial charge in [0.2, 0.25) is 0 Å². The fraction of sp³-hybridized carbons (Fsp3) is 0.478. The molecule has 2 aromatic rings. The normalized spacial score (nSPS) is 20.9. The second kappa shape index (κ2) is 13.9. The third kappa shape index (κ3) is 10.6. The lowest BCUT2D eigenvalue weighted by Crippen LogP contribution is -2.43. The largest absolute Gasteiger partial charge is 0.490 e. The van der Waals surface area contributed by atoms with Crippen molar-refractivity contribution < 1.29 is 60.1 Å². The van der Waals surface area contributed by atoms with E-state index in [1.165, 1.54) is 0 Å². The molecule has 0 radical (unpaired) electrons. The molecule has 3 N–H and O–H groups in total. The lowest BCUT2D eigenvalue weighted by atomic mass is 9.84. The average Bonchev–Trinajstić information content (AvgIpc) is 3.52. The Morgan fingerprint density at radius 2 is 1.69 bits per heavy atom. The number of carboxylic acid groups (broad SMARTS) is 2. The van der Waals surface area contributed by atoms with E-state index in [0.717, 1.165) is 38.4 Å². The minimum Gasteiger partial charge on any atom is -0.475 e. The third-order valence-electron chi connectivity index (χ3n) is 5.71. The van der Waals surface area contributed by atoms with Crippen molar-refractivity contribution in [2.75, 3.05) is 26.2 Å². The highest BCUT2D eigenvalue weighted by Crippen LogP contribution is 2.34. The third-order valence-corrected chi connectivity index (χ3v) is 5.71. The molecule has 0 saturated carbocycles. The van der Waals surface area contributed by atoms with E-state index in [2.05, 4.69) is 15.2 Å². The Bertz CT molecular complexity index is 1040. The van der Waals surface area contributed by atoms with Gasteiger partial charge >= 0.3 is 24.3 Å². The first-order chi connectivity index (χ1) is 18.2. The summed E-state index contributed by atoms with van der Waals surface area (Å²) in [6, 6.07) is 7.50. The quantitative estimate of drug-likeness (QED) is 0.463. The predicted octanol–water partition coefficient (Wildman–Crippen LogP) is 3.21. The number of carbonyl (C=O) groups is 3. The molecule has 16 heteroatoms. The van der Waals surface area contributed by atoms with Crippen LogP contribution in [0.15, 0.2) is 47.3 Å². The van der Waals surface area contributed by atoms with Crippen LogP contribution < -0.4 is 5.32 Å². The Morgan fingerprint density at radius 3 is 2.21 bits per heavy atom. The molecule has 4 heterocycles. The van der Waals surface area contributed by atoms with Crippen LogP contribution in [-0.2, 0) is 20.9 Å². The number of pyridine rings is 1. The van der Waals surface area contributed by atoms with Crippen LogP contribution in [0.4, 0.5) is 26.3 Å². The number of piperidine rings is 1. The molecule has 0 spiro atoms. The molecule has 216 valence electrons. The Morgan fingerprint density at radius 1 is 1.05 bits per heavy atom. The number of furan rings is 1. The van der Waals surface area contributed by atoms with Gasteiger partial charge in [0.05, 0.1) is 31.1 Å². The standard InChI is InChI=1S/C19H23N3O3.2C2HF3O2/c23-19(14-3-1-6-20-9-14)21-10-18-17-5-7-22(11-15(17)13-25-18)12-16-4-2-8-24-16;2*3-2(4,5)1(6)7/h1-4,6,8-9,15,17-18H,5,7,10-13H2,(H,21,23);2*(H,6,7)/t15-,17-,18+;;/m0../s1. The molecular weight excluding hydrogens is 544 g/mol. The van der Waals surface area contributed by atoms with Crippen LogP contribution >= 0.6 is 0 Å². The molecule has 2 aliphatic heterocycles. The van der Waals surface area contributed by atoms with Gasteiger partial charge in [-0.25, -0.2) is 9.59 Å². The van der Waals surface area contributed by atoms with Gasteiger partial charge in [-0.05, 0) is 43.1 Å². The SMILES string of the molecule is O=C(NC[C@H]1OC[C@@H]2CN(Cc3ccco3)CC[C@@H]21)c1cccnc1.O=C(O)C(F)(F)F.O=C(O)C(F)(F)F. The van der Waals surface area contributed by atoms with Gasteiger partial charge in [-0.3, -0.25) is 14.7 Å². The van der Waals surface area contributed by atoms with Gasteiger partial charge in [0.1, 0.15) is 5.76 Å². The smallest absolute Gasteiger partial charge is 0.475 e. The van der Waals surface area contributed by atoms with E-state index < -0.39 is 24.3 Å². The number of rotatable bonds is 5. The van der Waals surface area contributed by atoms with E-state index in [4.69, 9.17) is 29.0 Å². The van der Waals surface area contributed by atoms with Crippen molar-refractivity contribution in [3.8, 4) is 0 Å². The van der Waals surface area contributed by atoms with Crippen LogP contribution in [0, 0.1) is 11.8 Å². The maximum absolute atomic E-state index is 12.2. The number of halogens is 6. The molecular formula is C23H25F6N3O7. The van der Waals surface area contributed by atoms with Crippen molar-refractivity contribution >= 4 is 17.8 Å². The molecule has 2 aliphatic rings. The van der Waals surface area contributed by atoms with E-state index in [1.807, 2.05) is 12.1 Å². The molecule has 2 fully saturated rings. The summed E-state index contributed by atoms with van der Waals surface area (Å²) in [6.45, 7) is 4.26. The van der Waals surface area contributed by atoms with Gasteiger partial charge in [-0.1, -0.05) is 0 Å². The van der Waals surface area contributed by atoms with Crippen molar-refractivity contribution in [3.63, 3.8) is 0 Å². The highest BCUT2D eigenvalue weighted by Gasteiger charge is 2.41. The summed E-state index contributed by atoms with van der Waals surface area (Å²) in [5.41, 5.74) is 0.588. The number of hydrogen-bond acceptors (Lipinski definition) is 7. The van der Waals surface area contributed by atoms with Gasteiger partial charge in [0.25, 0.3) is 5.91 Å². The minimum atomic E-state index is -5.08. The molecule has 10 nitrogen and oxygen atoms in total. The number of nitrogens with one attached hydrogen (secondary N) is 1. The Balaban J connectivity index is 0.000000317. The summed E-state index contributed by atoms with van der Waals surface area (Å²) in [7, 11) is 0. The zero-order valence-electron chi connectivity index (χ0n) is 20.1. The molecule has 1 amide bonds. The molecule has 3 atom stereocenters. The molecule has 0 aliphatic carbocycles. The first kappa shape index (κ1) is 31.6. The Kier molecular flexibility index (Phi) is 11.3. The van der Waals surface area contributed by atoms with Crippen LogP contribution in [0.3, 0.4) is 0 Å². The second-order valence-electron chi connectivity index (χ2n) is 8.46. The van der Waals surface area contributed by atoms with E-state index in [0.29, 0.717) is 23.9 Å². The van der Waals surface area contributed by atoms with Gasteiger partial charge in [-0.2, -0.15) is 26.3 Å². The van der Waals surface area contributed by atoms with Gasteiger partial charge in [0.15, 0.2) is 0 Å². The summed E-state index contributed by atoms with van der Waals surface area (Å²) >= 11 is 0. The zero-order chi connectivity index (χ0) is 29.2. The number of ether oxygens (including phenoxy) is 1. The first-order valence-corrected chi connectivity index (χ1v) is 11.3. The van der Waals surface area contributed by atoms with Crippen molar-refractivity contribution in [2.24, 2.45) is 11.8 Å². The lowest BCUT2D eigenvalue weighted by molar-refractivity contribution is -0.193. The number of fused-ring (bicyclic) bond motifs is 1. The minimum absolute atomic E-state index is 0.0876. The van der Waals surface area contributed by atoms with Gasteiger partial charge in [0, 0.05) is 31.4 Å². The Hall–Kier alpha value is -3.66. The van der Waals surface area contributed by atoms with Crippen LogP contribution in [0.1, 0.15) is 22.5 Å². The average molecular weight is 569 g/mol. The van der Waals surface area contributed by atoms with E-state index in [9.17, 15) is 31.1 Å². The maximum atomic E-state index is 12.2. The van der Waals surface area contributed by atoms with Crippen LogP contribution in [0.5, 0.6) is 0 Å². The van der Waals surface area contributed by atoms with E-state index >= 15 is 0 Å². The second-order valence-corrected chi connectivity index (χ2v) is 8.46. The van der Waals surface area contributed by atoms with E-state index in [1.54, 1.807) is 30.8 Å². The van der Waals surface area contributed by atoms with Crippen molar-refractivity contribution in [2.45, 2.75) is 31.4 Å². The predicted molar refractivity (Wildman–Crippen MR) is 119 cm³/mol. The number of carbonyl (C=O) groups excluding carboxylic acids is 1. The lowest BCUT2D eigenvalue weighted by Gasteiger charge is -2.35. The number of carboxylic acids is 2. The summed E-state index contributed by atoms with van der Waals surface area (Å²) in [6.07, 6.45) is -3.99. The number of alkyl halides is 6. The van der Waals surface area contributed by atoms with Crippen LogP contribution in [0.2, 0.25) is 0 Å². The van der Waals surface area contributed by atoms with Gasteiger partial charge < -0.3 is 24.7 Å². The summed E-state index contributed by atoms with van der Waals surface area (Å²) in [5, 5.41) is 17.2. The molecule has 39 heavy (non-hydrogen) atoms. The van der Waals surface area contributed by atoms with E-state index in [-0.39, 0.29) is 12.0 Å². The molecule has 0 unspecified atom stereocenters. The number of amides is 1. The number of hydrogen-bond donors (Lipinski definition) is 3. The monoisotopic (exact) mass is 569 g/mol. The molecule has 0 aromatic carbocycles. The van der Waals surface area contributed by atoms with Crippen LogP contribution in [-0.4, -0.2) is 82.6 Å². The molecule has 2 saturated heterocycles. The molecule has 4 rings (SSSR count). The fourth-order valence-electron chi connectivity index (χ4n) is 3.93. The molecule has 2 aromatic heterocycles. The summed E-state index contributed by atoms with van der Waals surface area (Å²) in [4.78, 5) is 36.4. The van der Waals surface area contributed by atoms with Crippen LogP contribution in [0.25, 0.3) is 0 Å². The van der Waals surface area contributed by atoms with Crippen molar-refractivity contribution in [3.05, 3.63) is 54.2 Å². The number of aromatic nitrogens is 1. The first-order valence-electron chi connectivity index (χ1n) is 11.3. The van der Waals surface area contributed by atoms with Gasteiger partial charge in [-0.15, -0.1) is 0 Å². The number of likely N-dealkylation sites (tertiary alicyclic amines) is 1. The topological polar surface area (TPSA) is 142 Å². The summed E-state index contributed by atoms with van der Waals surface area (Å²) in [5.74, 6) is -3.54. The Labute approximate surface area is 217 Å². The maximum Gasteiger partial charge on any atom is 0.490 e. The highest BCUT2D eigenvalue weighted by atomic mass is 19.4. The van der Waals surface area contributed by atoms with Crippen molar-refractivity contribution in [1.29, 1.82) is 0 Å². The molecule has 0 bridgehead atoms. The zero-order valence-corrected chi connectivity index (χ0v) is 20.1. The summed E-state index contributed by atoms with van der Waals surface area (Å²) < 4.78 is 74.9. The highest BCUT2D eigenvalue weighted by molar-refractivity contribution is 5.93. The fourth-order valence-corrected chi connectivity index (χ4v) is 3.93. The number of nitrogens with zero attached hydrogens (tertiary/aromatic N) is 2. The number of aliphatic carboxylic acids is 2.